The van der Waals surface area contributed by atoms with Crippen LogP contribution < -0.4 is 5.32 Å². The number of H-pyrrole nitrogens is 1. The summed E-state index contributed by atoms with van der Waals surface area (Å²) < 4.78 is 2.03. The molecular weight excluding hydrogens is 434 g/mol. The lowest BCUT2D eigenvalue weighted by Gasteiger charge is -2.30. The molecule has 1 aromatic carbocycles. The second kappa shape index (κ2) is 9.37. The van der Waals surface area contributed by atoms with Crippen LogP contribution in [-0.2, 0) is 11.2 Å². The van der Waals surface area contributed by atoms with Gasteiger partial charge < -0.3 is 14.7 Å². The lowest BCUT2D eigenvalue weighted by Crippen LogP contribution is -2.38. The van der Waals surface area contributed by atoms with Gasteiger partial charge in [-0.25, -0.2) is 4.98 Å². The molecule has 2 atom stereocenters. The summed E-state index contributed by atoms with van der Waals surface area (Å²) in [6.07, 6.45) is 13.3. The molecule has 176 valence electrons. The van der Waals surface area contributed by atoms with Crippen molar-refractivity contribution in [2.75, 3.05) is 0 Å². The number of fused-ring (bicyclic) bond motifs is 2. The molecule has 1 fully saturated rings. The van der Waals surface area contributed by atoms with Crippen molar-refractivity contribution in [3.05, 3.63) is 90.6 Å². The van der Waals surface area contributed by atoms with Crippen LogP contribution in [0.25, 0.3) is 27.8 Å². The summed E-state index contributed by atoms with van der Waals surface area (Å²) in [5.74, 6) is 0.511. The summed E-state index contributed by atoms with van der Waals surface area (Å²) in [7, 11) is 0. The Kier molecular flexibility index (Phi) is 5.78. The molecule has 0 radical (unpaired) electrons. The molecule has 0 spiro atoms. The molecule has 6 nitrogen and oxygen atoms in total. The number of aromatic amines is 1. The van der Waals surface area contributed by atoms with Crippen LogP contribution in [0.4, 0.5) is 0 Å². The maximum Gasteiger partial charge on any atom is 0.220 e. The van der Waals surface area contributed by atoms with Crippen molar-refractivity contribution in [2.45, 2.75) is 50.5 Å². The minimum atomic E-state index is 0.126. The Morgan fingerprint density at radius 2 is 2.09 bits per heavy atom. The molecule has 1 amide bonds. The molecule has 0 saturated heterocycles. The molecule has 5 aromatic rings. The van der Waals surface area contributed by atoms with E-state index < -0.39 is 0 Å². The maximum absolute atomic E-state index is 12.8. The van der Waals surface area contributed by atoms with Gasteiger partial charge in [0.25, 0.3) is 0 Å². The predicted octanol–water partition coefficient (Wildman–Crippen LogP) is 5.65. The predicted molar refractivity (Wildman–Crippen MR) is 138 cm³/mol. The number of benzene rings is 1. The Labute approximate surface area is 204 Å². The third-order valence-electron chi connectivity index (χ3n) is 7.16. The van der Waals surface area contributed by atoms with Gasteiger partial charge in [0.15, 0.2) is 0 Å². The topological polar surface area (TPSA) is 75.1 Å². The van der Waals surface area contributed by atoms with Crippen LogP contribution in [0.3, 0.4) is 0 Å². The van der Waals surface area contributed by atoms with E-state index in [9.17, 15) is 4.79 Å². The number of nitrogens with zero attached hydrogens (tertiary/aromatic N) is 3. The van der Waals surface area contributed by atoms with Crippen LogP contribution in [-0.4, -0.2) is 31.3 Å². The minimum Gasteiger partial charge on any atom is -0.361 e. The van der Waals surface area contributed by atoms with Gasteiger partial charge in [-0.15, -0.1) is 0 Å². The molecule has 4 aromatic heterocycles. The average molecular weight is 464 g/mol. The molecule has 6 rings (SSSR count). The van der Waals surface area contributed by atoms with E-state index in [2.05, 4.69) is 34.6 Å². The lowest BCUT2D eigenvalue weighted by atomic mass is 9.82. The van der Waals surface area contributed by atoms with Gasteiger partial charge in [-0.1, -0.05) is 30.7 Å². The molecule has 0 bridgehead atoms. The number of aromatic nitrogens is 4. The summed E-state index contributed by atoms with van der Waals surface area (Å²) in [6, 6.07) is 18.7. The van der Waals surface area contributed by atoms with Crippen molar-refractivity contribution in [3.8, 4) is 11.3 Å². The van der Waals surface area contributed by atoms with E-state index in [0.29, 0.717) is 18.8 Å². The fourth-order valence-electron chi connectivity index (χ4n) is 5.42. The van der Waals surface area contributed by atoms with Gasteiger partial charge in [0.2, 0.25) is 5.91 Å². The molecule has 6 heteroatoms. The molecule has 0 aliphatic heterocycles. The van der Waals surface area contributed by atoms with E-state index >= 15 is 0 Å². The van der Waals surface area contributed by atoms with E-state index in [0.717, 1.165) is 59.4 Å². The Balaban J connectivity index is 1.08. The number of nitrogens with one attached hydrogen (secondary N) is 2. The molecule has 1 aliphatic carbocycles. The van der Waals surface area contributed by atoms with Crippen LogP contribution in [0, 0.1) is 0 Å². The fraction of sp³-hybridized carbons (Fsp3) is 0.276. The lowest BCUT2D eigenvalue weighted by molar-refractivity contribution is -0.122. The number of carbonyl (C=O) groups is 1. The third-order valence-corrected chi connectivity index (χ3v) is 7.16. The first-order valence-corrected chi connectivity index (χ1v) is 12.5. The van der Waals surface area contributed by atoms with Crippen LogP contribution in [0.2, 0.25) is 0 Å². The fourth-order valence-corrected chi connectivity index (χ4v) is 5.42. The van der Waals surface area contributed by atoms with Crippen LogP contribution in [0.5, 0.6) is 0 Å². The normalized spacial score (nSPS) is 18.2. The summed E-state index contributed by atoms with van der Waals surface area (Å²) in [5, 5.41) is 4.51. The molecule has 1 saturated carbocycles. The zero-order chi connectivity index (χ0) is 23.6. The molecule has 2 N–H and O–H groups in total. The van der Waals surface area contributed by atoms with Gasteiger partial charge in [-0.05, 0) is 61.6 Å². The van der Waals surface area contributed by atoms with Gasteiger partial charge in [-0.2, -0.15) is 0 Å². The van der Waals surface area contributed by atoms with E-state index in [-0.39, 0.29) is 11.9 Å². The van der Waals surface area contributed by atoms with Crippen molar-refractivity contribution in [3.63, 3.8) is 0 Å². The second-order valence-electron chi connectivity index (χ2n) is 9.56. The highest BCUT2D eigenvalue weighted by Crippen LogP contribution is 2.35. The Morgan fingerprint density at radius 3 is 3.03 bits per heavy atom. The van der Waals surface area contributed by atoms with E-state index in [1.54, 1.807) is 0 Å². The smallest absolute Gasteiger partial charge is 0.220 e. The maximum atomic E-state index is 12.8. The Bertz CT molecular complexity index is 1450. The van der Waals surface area contributed by atoms with Crippen molar-refractivity contribution in [1.29, 1.82) is 0 Å². The first kappa shape index (κ1) is 21.6. The number of carbonyl (C=O) groups excluding carboxylic acids is 1. The van der Waals surface area contributed by atoms with Crippen molar-refractivity contribution >= 4 is 22.5 Å². The zero-order valence-corrected chi connectivity index (χ0v) is 19.7. The standard InChI is InChI=1S/C29H29N5O/c35-28(32-23-8-4-7-22(18-23)29-24-12-14-30-25(24)13-15-31-29)11-10-20-5-3-6-21(17-20)26-19-34-16-2-1-9-27(34)33-26/h1-3,5-6,9,12-17,19,22-23,30H,4,7-8,10-11,18H2,(H,32,35)/t22?,23-/m1/s1. The first-order chi connectivity index (χ1) is 17.2. The molecular formula is C29H29N5O. The number of hydrogen-bond donors (Lipinski definition) is 2. The van der Waals surface area contributed by atoms with Crippen LogP contribution >= 0.6 is 0 Å². The summed E-state index contributed by atoms with van der Waals surface area (Å²) in [4.78, 5) is 25.5. The van der Waals surface area contributed by atoms with Crippen molar-refractivity contribution in [2.24, 2.45) is 0 Å². The van der Waals surface area contributed by atoms with Crippen LogP contribution in [0.1, 0.15) is 49.3 Å². The molecule has 1 unspecified atom stereocenters. The highest BCUT2D eigenvalue weighted by Gasteiger charge is 2.26. The monoisotopic (exact) mass is 463 g/mol. The van der Waals surface area contributed by atoms with E-state index in [1.165, 1.54) is 5.39 Å². The quantitative estimate of drug-likeness (QED) is 0.342. The first-order valence-electron chi connectivity index (χ1n) is 12.5. The van der Waals surface area contributed by atoms with E-state index in [1.807, 2.05) is 59.5 Å². The van der Waals surface area contributed by atoms with Crippen molar-refractivity contribution < 1.29 is 4.79 Å². The van der Waals surface area contributed by atoms with Gasteiger partial charge in [0.05, 0.1) is 11.4 Å². The number of pyridine rings is 2. The average Bonchev–Trinajstić information content (AvgIpc) is 3.55. The van der Waals surface area contributed by atoms with Gasteiger partial charge >= 0.3 is 0 Å². The van der Waals surface area contributed by atoms with Gasteiger partial charge in [0, 0.05) is 59.6 Å². The number of aryl methyl sites for hydroxylation is 1. The van der Waals surface area contributed by atoms with Gasteiger partial charge in [0.1, 0.15) is 5.65 Å². The Hall–Kier alpha value is -3.93. The summed E-state index contributed by atoms with van der Waals surface area (Å²) in [5.41, 5.74) is 6.40. The number of rotatable bonds is 6. The zero-order valence-electron chi connectivity index (χ0n) is 19.7. The Morgan fingerprint density at radius 1 is 1.11 bits per heavy atom. The summed E-state index contributed by atoms with van der Waals surface area (Å²) >= 11 is 0. The highest BCUT2D eigenvalue weighted by atomic mass is 16.1. The van der Waals surface area contributed by atoms with Gasteiger partial charge in [-0.3, -0.25) is 9.78 Å². The molecule has 1 aliphatic rings. The SMILES string of the molecule is O=C(CCc1cccc(-c2cn3ccccc3n2)c1)N[C@@H]1CCCC(c2nccc3[nH]ccc23)C1. The van der Waals surface area contributed by atoms with Crippen molar-refractivity contribution in [1.82, 2.24) is 24.7 Å². The number of hydrogen-bond acceptors (Lipinski definition) is 3. The summed E-state index contributed by atoms with van der Waals surface area (Å²) in [6.45, 7) is 0. The molecule has 35 heavy (non-hydrogen) atoms. The molecule has 4 heterocycles. The minimum absolute atomic E-state index is 0.126. The number of imidazole rings is 1. The largest absolute Gasteiger partial charge is 0.361 e. The third kappa shape index (κ3) is 4.56. The van der Waals surface area contributed by atoms with Crippen LogP contribution in [0.15, 0.2) is 79.4 Å². The number of amides is 1. The van der Waals surface area contributed by atoms with E-state index in [4.69, 9.17) is 9.97 Å². The second-order valence-corrected chi connectivity index (χ2v) is 9.56. The highest BCUT2D eigenvalue weighted by molar-refractivity contribution is 5.82.